The molecule has 0 aliphatic rings. The van der Waals surface area contributed by atoms with Crippen LogP contribution in [0.2, 0.25) is 0 Å². The number of Topliss-reactive ketones (excluding diaryl/α,β-unsaturated/α-hetero) is 1. The summed E-state index contributed by atoms with van der Waals surface area (Å²) in [7, 11) is 0. The minimum atomic E-state index is 0.281. The van der Waals surface area contributed by atoms with E-state index in [-0.39, 0.29) is 5.78 Å². The summed E-state index contributed by atoms with van der Waals surface area (Å²) in [4.78, 5) is 10.6. The van der Waals surface area contributed by atoms with E-state index in [2.05, 4.69) is 26.8 Å². The number of hydrogen-bond donors (Lipinski definition) is 0. The highest BCUT2D eigenvalue weighted by Gasteiger charge is 1.95. The lowest BCUT2D eigenvalue weighted by molar-refractivity contribution is -0.116. The fourth-order valence-electron chi connectivity index (χ4n) is 1.25. The van der Waals surface area contributed by atoms with Crippen LogP contribution in [0.3, 0.4) is 0 Å². The van der Waals surface area contributed by atoms with Crippen LogP contribution in [0, 0.1) is 5.92 Å². The molecule has 0 aromatic carbocycles. The molecule has 1 nitrogen and oxygen atoms in total. The van der Waals surface area contributed by atoms with Gasteiger partial charge in [0.15, 0.2) is 0 Å². The zero-order valence-corrected chi connectivity index (χ0v) is 8.68. The number of ketones is 1. The molecule has 0 aliphatic heterocycles. The molecule has 0 aromatic rings. The first-order valence-corrected chi connectivity index (χ1v) is 4.67. The van der Waals surface area contributed by atoms with Crippen molar-refractivity contribution in [2.24, 2.45) is 5.92 Å². The zero-order valence-electron chi connectivity index (χ0n) is 8.68. The highest BCUT2D eigenvalue weighted by Crippen LogP contribution is 2.10. The average molecular weight is 168 g/mol. The molecule has 0 heterocycles. The third kappa shape index (κ3) is 7.52. The fraction of sp³-hybridized carbons (Fsp3) is 0.727. The van der Waals surface area contributed by atoms with Gasteiger partial charge < -0.3 is 4.79 Å². The van der Waals surface area contributed by atoms with E-state index in [4.69, 9.17) is 0 Å². The van der Waals surface area contributed by atoms with Crippen molar-refractivity contribution in [2.45, 2.75) is 47.0 Å². The number of hydrogen-bond acceptors (Lipinski definition) is 1. The molecular formula is C11H20O. The lowest BCUT2D eigenvalue weighted by Crippen LogP contribution is -1.90. The van der Waals surface area contributed by atoms with E-state index >= 15 is 0 Å². The van der Waals surface area contributed by atoms with Gasteiger partial charge in [0.05, 0.1) is 0 Å². The van der Waals surface area contributed by atoms with Crippen LogP contribution < -0.4 is 0 Å². The highest BCUT2D eigenvalue weighted by atomic mass is 16.1. The lowest BCUT2D eigenvalue weighted by Gasteiger charge is -2.03. The summed E-state index contributed by atoms with van der Waals surface area (Å²) >= 11 is 0. The van der Waals surface area contributed by atoms with Gasteiger partial charge in [0.25, 0.3) is 0 Å². The summed E-state index contributed by atoms with van der Waals surface area (Å²) in [5.41, 5.74) is 1.41. The molecule has 0 bridgehead atoms. The van der Waals surface area contributed by atoms with Gasteiger partial charge in [-0.3, -0.25) is 0 Å². The van der Waals surface area contributed by atoms with Gasteiger partial charge in [-0.15, -0.1) is 0 Å². The molecule has 0 saturated heterocycles. The Morgan fingerprint density at radius 3 is 2.33 bits per heavy atom. The summed E-state index contributed by atoms with van der Waals surface area (Å²) < 4.78 is 0. The number of allylic oxidation sites excluding steroid dienone is 2. The third-order valence-corrected chi connectivity index (χ3v) is 1.72. The number of rotatable bonds is 5. The molecule has 0 fully saturated rings. The quantitative estimate of drug-likeness (QED) is 0.575. The van der Waals surface area contributed by atoms with Crippen LogP contribution in [0.4, 0.5) is 0 Å². The zero-order chi connectivity index (χ0) is 9.56. The maximum absolute atomic E-state index is 10.6. The Hall–Kier alpha value is -0.590. The Morgan fingerprint density at radius 1 is 1.33 bits per heavy atom. The molecule has 0 aromatic heterocycles. The Labute approximate surface area is 75.9 Å². The monoisotopic (exact) mass is 168 g/mol. The SMILES string of the molecule is CC(=O)CCC=C(C)CC(C)C. The summed E-state index contributed by atoms with van der Waals surface area (Å²) in [6.07, 6.45) is 4.93. The molecule has 0 spiro atoms. The van der Waals surface area contributed by atoms with Crippen molar-refractivity contribution in [3.8, 4) is 0 Å². The van der Waals surface area contributed by atoms with Crippen LogP contribution in [-0.4, -0.2) is 5.78 Å². The van der Waals surface area contributed by atoms with Gasteiger partial charge in [-0.25, -0.2) is 0 Å². The van der Waals surface area contributed by atoms with Crippen molar-refractivity contribution in [1.29, 1.82) is 0 Å². The largest absolute Gasteiger partial charge is 0.300 e. The molecule has 0 unspecified atom stereocenters. The second kappa shape index (κ2) is 5.99. The lowest BCUT2D eigenvalue weighted by atomic mass is 10.0. The van der Waals surface area contributed by atoms with Crippen LogP contribution in [0.15, 0.2) is 11.6 Å². The van der Waals surface area contributed by atoms with Crippen molar-refractivity contribution in [3.63, 3.8) is 0 Å². The predicted octanol–water partition coefficient (Wildman–Crippen LogP) is 3.35. The first-order chi connectivity index (χ1) is 5.52. The first kappa shape index (κ1) is 11.4. The third-order valence-electron chi connectivity index (χ3n) is 1.72. The molecule has 0 rings (SSSR count). The van der Waals surface area contributed by atoms with Gasteiger partial charge >= 0.3 is 0 Å². The van der Waals surface area contributed by atoms with Crippen LogP contribution in [0.1, 0.15) is 47.0 Å². The van der Waals surface area contributed by atoms with E-state index in [0.717, 1.165) is 18.8 Å². The van der Waals surface area contributed by atoms with Gasteiger partial charge in [0.1, 0.15) is 5.78 Å². The maximum atomic E-state index is 10.6. The summed E-state index contributed by atoms with van der Waals surface area (Å²) in [5, 5.41) is 0. The summed E-state index contributed by atoms with van der Waals surface area (Å²) in [6.45, 7) is 8.20. The minimum absolute atomic E-state index is 0.281. The van der Waals surface area contributed by atoms with E-state index in [1.165, 1.54) is 5.57 Å². The van der Waals surface area contributed by atoms with Crippen molar-refractivity contribution in [1.82, 2.24) is 0 Å². The summed E-state index contributed by atoms with van der Waals surface area (Å²) in [5.74, 6) is 1.00. The van der Waals surface area contributed by atoms with Gasteiger partial charge in [0, 0.05) is 6.42 Å². The normalized spacial score (nSPS) is 12.2. The Bertz CT molecular complexity index is 166. The van der Waals surface area contributed by atoms with E-state index in [9.17, 15) is 4.79 Å². The molecule has 0 atom stereocenters. The van der Waals surface area contributed by atoms with Gasteiger partial charge in [-0.05, 0) is 32.6 Å². The number of carbonyl (C=O) groups excluding carboxylic acids is 1. The Morgan fingerprint density at radius 2 is 1.92 bits per heavy atom. The Balaban J connectivity index is 3.62. The van der Waals surface area contributed by atoms with E-state index in [1.54, 1.807) is 6.92 Å². The van der Waals surface area contributed by atoms with Gasteiger partial charge in [0.2, 0.25) is 0 Å². The van der Waals surface area contributed by atoms with Crippen molar-refractivity contribution in [3.05, 3.63) is 11.6 Å². The smallest absolute Gasteiger partial charge is 0.130 e. The van der Waals surface area contributed by atoms with E-state index in [1.807, 2.05) is 0 Å². The van der Waals surface area contributed by atoms with Crippen molar-refractivity contribution in [2.75, 3.05) is 0 Å². The van der Waals surface area contributed by atoms with Crippen molar-refractivity contribution < 1.29 is 4.79 Å². The van der Waals surface area contributed by atoms with Crippen LogP contribution in [-0.2, 0) is 4.79 Å². The first-order valence-electron chi connectivity index (χ1n) is 4.67. The van der Waals surface area contributed by atoms with E-state index < -0.39 is 0 Å². The molecule has 70 valence electrons. The van der Waals surface area contributed by atoms with Gasteiger partial charge in [-0.2, -0.15) is 0 Å². The van der Waals surface area contributed by atoms with Gasteiger partial charge in [-0.1, -0.05) is 25.5 Å². The molecule has 12 heavy (non-hydrogen) atoms. The predicted molar refractivity (Wildman–Crippen MR) is 53.1 cm³/mol. The molecule has 0 aliphatic carbocycles. The molecule has 0 amide bonds. The van der Waals surface area contributed by atoms with Crippen LogP contribution in [0.5, 0.6) is 0 Å². The second-order valence-electron chi connectivity index (χ2n) is 3.89. The fourth-order valence-corrected chi connectivity index (χ4v) is 1.25. The topological polar surface area (TPSA) is 17.1 Å². The summed E-state index contributed by atoms with van der Waals surface area (Å²) in [6, 6.07) is 0. The average Bonchev–Trinajstić information content (AvgIpc) is 1.84. The maximum Gasteiger partial charge on any atom is 0.130 e. The van der Waals surface area contributed by atoms with Crippen LogP contribution >= 0.6 is 0 Å². The van der Waals surface area contributed by atoms with Crippen molar-refractivity contribution >= 4 is 5.78 Å². The number of carbonyl (C=O) groups is 1. The molecule has 0 saturated carbocycles. The van der Waals surface area contributed by atoms with E-state index in [0.29, 0.717) is 6.42 Å². The standard InChI is InChI=1S/C11H20O/c1-9(2)8-10(3)6-5-7-11(4)12/h6,9H,5,7-8H2,1-4H3. The minimum Gasteiger partial charge on any atom is -0.300 e. The molecular weight excluding hydrogens is 148 g/mol. The Kier molecular flexibility index (Phi) is 5.69. The molecule has 0 N–H and O–H groups in total. The molecule has 0 radical (unpaired) electrons. The second-order valence-corrected chi connectivity index (χ2v) is 3.89. The highest BCUT2D eigenvalue weighted by molar-refractivity contribution is 5.75. The van der Waals surface area contributed by atoms with Crippen LogP contribution in [0.25, 0.3) is 0 Å². The molecule has 1 heteroatoms.